The highest BCUT2D eigenvalue weighted by Crippen LogP contribution is 2.30. The van der Waals surface area contributed by atoms with Crippen LogP contribution in [-0.2, 0) is 56.3 Å². The highest BCUT2D eigenvalue weighted by atomic mass is 35.6. The average molecular weight is 963 g/mol. The summed E-state index contributed by atoms with van der Waals surface area (Å²) in [6, 6.07) is 16.3. The predicted octanol–water partition coefficient (Wildman–Crippen LogP) is 7.47. The Morgan fingerprint density at radius 2 is 1.34 bits per heavy atom. The van der Waals surface area contributed by atoms with E-state index in [1.807, 2.05) is 30.3 Å². The van der Waals surface area contributed by atoms with Crippen LogP contribution in [0.3, 0.4) is 0 Å². The Hall–Kier alpha value is -4.32. The number of nitrogens with one attached hydrogen (secondary N) is 1. The van der Waals surface area contributed by atoms with Gasteiger partial charge < -0.3 is 29.2 Å². The molecule has 3 aromatic rings. The zero-order valence-electron chi connectivity index (χ0n) is 34.8. The van der Waals surface area contributed by atoms with Gasteiger partial charge in [-0.15, -0.1) is 0 Å². The molecule has 3 N–H and O–H groups in total. The SMILES string of the molecule is CCOC(=O)c1cc(S(N)(=O)=O)c(Cl)cc1NCCCC[C@@H](C(=O)OCC)N(Cc1ccccc1)C(=O)[C@H](C)N(C(=O)OCC(Cl)(Cl)Cl)[C@@H](CCc1ccccc1)C(=O)OCC. The van der Waals surface area contributed by atoms with Crippen molar-refractivity contribution in [1.29, 1.82) is 0 Å². The van der Waals surface area contributed by atoms with Crippen LogP contribution in [0.2, 0.25) is 5.02 Å². The van der Waals surface area contributed by atoms with Crippen LogP contribution in [0.1, 0.15) is 74.9 Å². The summed E-state index contributed by atoms with van der Waals surface area (Å²) in [6.45, 7) is 5.59. The number of benzene rings is 3. The van der Waals surface area contributed by atoms with E-state index in [2.05, 4.69) is 5.32 Å². The number of unbranched alkanes of at least 4 members (excludes halogenated alkanes) is 1. The van der Waals surface area contributed by atoms with Crippen molar-refractivity contribution in [3.05, 3.63) is 94.5 Å². The van der Waals surface area contributed by atoms with Gasteiger partial charge in [0.05, 0.1) is 36.1 Å². The summed E-state index contributed by atoms with van der Waals surface area (Å²) < 4.78 is 43.6. The molecule has 0 spiro atoms. The van der Waals surface area contributed by atoms with Gasteiger partial charge in [0.25, 0.3) is 0 Å². The number of nitrogens with two attached hydrogens (primary N) is 1. The fourth-order valence-corrected chi connectivity index (χ4v) is 7.69. The molecule has 15 nitrogen and oxygen atoms in total. The van der Waals surface area contributed by atoms with Crippen molar-refractivity contribution < 1.29 is 51.3 Å². The van der Waals surface area contributed by atoms with Gasteiger partial charge in [-0.1, -0.05) is 107 Å². The maximum absolute atomic E-state index is 15.0. The van der Waals surface area contributed by atoms with Gasteiger partial charge in [0.1, 0.15) is 29.6 Å². The molecule has 3 rings (SSSR count). The molecule has 3 atom stereocenters. The van der Waals surface area contributed by atoms with Crippen molar-refractivity contribution in [2.75, 3.05) is 38.3 Å². The molecule has 0 fully saturated rings. The standard InChI is InChI=1S/C42H52Cl4N4O11S/c1-5-58-38(52)31-24-36(62(47,56)57)32(43)25-33(31)48-23-15-14-20-34(39(53)59-6-2)49(26-30-18-12-9-13-19-30)37(51)28(4)50(41(55)61-27-42(44,45)46)35(40(54)60-7-3)22-21-29-16-10-8-11-17-29/h8-13,16-19,24-25,28,34-35,48H,5-7,14-15,20-23,26-27H2,1-4H3,(H2,47,56,57)/t28-,34-,35-/m0/s1. The second kappa shape index (κ2) is 25.1. The number of carbonyl (C=O) groups is 5. The lowest BCUT2D eigenvalue weighted by atomic mass is 10.0. The summed E-state index contributed by atoms with van der Waals surface area (Å²) in [7, 11) is -4.27. The number of anilines is 1. The molecule has 0 unspecified atom stereocenters. The molecule has 0 heterocycles. The highest BCUT2D eigenvalue weighted by molar-refractivity contribution is 7.89. The minimum absolute atomic E-state index is 0.00831. The van der Waals surface area contributed by atoms with Gasteiger partial charge in [0.2, 0.25) is 19.7 Å². The van der Waals surface area contributed by atoms with Gasteiger partial charge in [0, 0.05) is 13.1 Å². The second-order valence-electron chi connectivity index (χ2n) is 13.8. The van der Waals surface area contributed by atoms with E-state index < -0.39 is 73.4 Å². The first kappa shape index (κ1) is 52.0. The van der Waals surface area contributed by atoms with E-state index in [-0.39, 0.29) is 62.0 Å². The van der Waals surface area contributed by atoms with Crippen LogP contribution in [0.15, 0.2) is 77.7 Å². The van der Waals surface area contributed by atoms with Crippen LogP contribution in [-0.4, -0.2) is 103 Å². The fraction of sp³-hybridized carbons (Fsp3) is 0.452. The first-order valence-electron chi connectivity index (χ1n) is 19.8. The lowest BCUT2D eigenvalue weighted by molar-refractivity contribution is -0.159. The molecule has 0 aliphatic carbocycles. The van der Waals surface area contributed by atoms with E-state index in [9.17, 15) is 32.4 Å². The van der Waals surface area contributed by atoms with Crippen LogP contribution < -0.4 is 10.5 Å². The summed E-state index contributed by atoms with van der Waals surface area (Å²) in [5.74, 6) is -3.06. The normalized spacial score (nSPS) is 12.9. The fourth-order valence-electron chi connectivity index (χ4n) is 6.43. The van der Waals surface area contributed by atoms with E-state index in [0.29, 0.717) is 24.8 Å². The first-order chi connectivity index (χ1) is 29.3. The molecule has 62 heavy (non-hydrogen) atoms. The summed E-state index contributed by atoms with van der Waals surface area (Å²) in [5.41, 5.74) is 1.56. The molecule has 340 valence electrons. The number of esters is 3. The van der Waals surface area contributed by atoms with Crippen LogP contribution in [0, 0.1) is 0 Å². The number of hydrogen-bond donors (Lipinski definition) is 2. The predicted molar refractivity (Wildman–Crippen MR) is 237 cm³/mol. The average Bonchev–Trinajstić information content (AvgIpc) is 3.21. The first-order valence-corrected chi connectivity index (χ1v) is 22.9. The zero-order chi connectivity index (χ0) is 46.0. The molecule has 20 heteroatoms. The van der Waals surface area contributed by atoms with Crippen LogP contribution >= 0.6 is 46.4 Å². The van der Waals surface area contributed by atoms with Crippen LogP contribution in [0.5, 0.6) is 0 Å². The highest BCUT2D eigenvalue weighted by Gasteiger charge is 2.43. The van der Waals surface area contributed by atoms with Crippen LogP contribution in [0.25, 0.3) is 0 Å². The Morgan fingerprint density at radius 1 is 0.774 bits per heavy atom. The molecule has 0 saturated carbocycles. The lowest BCUT2D eigenvalue weighted by Crippen LogP contribution is -2.58. The molecule has 0 aliphatic heterocycles. The molecule has 3 aromatic carbocycles. The number of nitrogens with zero attached hydrogens (tertiary/aromatic N) is 2. The Kier molecular flexibility index (Phi) is 21.1. The van der Waals surface area contributed by atoms with Crippen molar-refractivity contribution in [2.45, 2.75) is 93.2 Å². The van der Waals surface area contributed by atoms with E-state index in [0.717, 1.165) is 16.5 Å². The topological polar surface area (TPSA) is 201 Å². The van der Waals surface area contributed by atoms with Crippen molar-refractivity contribution in [3.8, 4) is 0 Å². The number of carbonyl (C=O) groups excluding carboxylic acids is 5. The minimum Gasteiger partial charge on any atom is -0.464 e. The molecule has 0 saturated heterocycles. The third-order valence-corrected chi connectivity index (χ3v) is 11.0. The molecule has 0 aliphatic rings. The Balaban J connectivity index is 2.01. The van der Waals surface area contributed by atoms with E-state index in [1.54, 1.807) is 51.1 Å². The Bertz CT molecular complexity index is 2080. The number of hydrogen-bond acceptors (Lipinski definition) is 12. The molecule has 0 bridgehead atoms. The van der Waals surface area contributed by atoms with Crippen molar-refractivity contribution in [3.63, 3.8) is 0 Å². The number of amides is 2. The zero-order valence-corrected chi connectivity index (χ0v) is 38.7. The number of primary sulfonamides is 1. The molecule has 2 amide bonds. The molecule has 0 aromatic heterocycles. The lowest BCUT2D eigenvalue weighted by Gasteiger charge is -2.38. The maximum atomic E-state index is 15.0. The van der Waals surface area contributed by atoms with Crippen molar-refractivity contribution in [1.82, 2.24) is 9.80 Å². The van der Waals surface area contributed by atoms with Gasteiger partial charge >= 0.3 is 24.0 Å². The van der Waals surface area contributed by atoms with Gasteiger partial charge in [-0.25, -0.2) is 32.7 Å². The largest absolute Gasteiger partial charge is 0.464 e. The number of rotatable bonds is 23. The van der Waals surface area contributed by atoms with Crippen LogP contribution in [0.4, 0.5) is 10.5 Å². The molecular weight excluding hydrogens is 910 g/mol. The second-order valence-corrected chi connectivity index (χ2v) is 18.2. The summed E-state index contributed by atoms with van der Waals surface area (Å²) in [4.78, 5) is 71.1. The van der Waals surface area contributed by atoms with E-state index in [1.165, 1.54) is 17.9 Å². The van der Waals surface area contributed by atoms with Crippen molar-refractivity contribution >= 4 is 92.0 Å². The number of sulfonamides is 1. The van der Waals surface area contributed by atoms with Crippen molar-refractivity contribution in [2.24, 2.45) is 5.14 Å². The summed E-state index contributed by atoms with van der Waals surface area (Å²) in [6.07, 6.45) is -0.0927. The van der Waals surface area contributed by atoms with Gasteiger partial charge in [0.15, 0.2) is 0 Å². The number of ether oxygens (including phenoxy) is 4. The number of alkyl halides is 3. The van der Waals surface area contributed by atoms with E-state index >= 15 is 0 Å². The number of halogens is 4. The van der Waals surface area contributed by atoms with Gasteiger partial charge in [-0.2, -0.15) is 0 Å². The van der Waals surface area contributed by atoms with Gasteiger partial charge in [-0.05, 0) is 83.1 Å². The smallest absolute Gasteiger partial charge is 0.411 e. The summed E-state index contributed by atoms with van der Waals surface area (Å²) in [5, 5.41) is 8.15. The Labute approximate surface area is 382 Å². The minimum atomic E-state index is -4.27. The quantitative estimate of drug-likeness (QED) is 0.0412. The number of aryl methyl sites for hydroxylation is 1. The molecular formula is C42H52Cl4N4O11S. The third-order valence-electron chi connectivity index (χ3n) is 9.30. The van der Waals surface area contributed by atoms with E-state index in [4.69, 9.17) is 70.5 Å². The molecule has 0 radical (unpaired) electrons. The third kappa shape index (κ3) is 16.1. The monoisotopic (exact) mass is 960 g/mol. The maximum Gasteiger partial charge on any atom is 0.411 e. The van der Waals surface area contributed by atoms with Gasteiger partial charge in [-0.3, -0.25) is 9.69 Å². The summed E-state index contributed by atoms with van der Waals surface area (Å²) >= 11 is 24.0. The Morgan fingerprint density at radius 3 is 1.89 bits per heavy atom.